The van der Waals surface area contributed by atoms with Gasteiger partial charge < -0.3 is 15.8 Å². The maximum atomic E-state index is 11.7. The van der Waals surface area contributed by atoms with Crippen molar-refractivity contribution < 1.29 is 9.53 Å². The van der Waals surface area contributed by atoms with Crippen LogP contribution in [0.2, 0.25) is 0 Å². The van der Waals surface area contributed by atoms with Crippen LogP contribution in [0.4, 0.5) is 0 Å². The zero-order valence-corrected chi connectivity index (χ0v) is 11.1. The summed E-state index contributed by atoms with van der Waals surface area (Å²) in [5.41, 5.74) is 5.69. The van der Waals surface area contributed by atoms with Crippen LogP contribution in [0.3, 0.4) is 0 Å². The van der Waals surface area contributed by atoms with Gasteiger partial charge in [0.2, 0.25) is 5.91 Å². The second kappa shape index (κ2) is 7.67. The third kappa shape index (κ3) is 6.64. The quantitative estimate of drug-likeness (QED) is 0.743. The van der Waals surface area contributed by atoms with Crippen molar-refractivity contribution in [2.24, 2.45) is 5.73 Å². The van der Waals surface area contributed by atoms with Crippen molar-refractivity contribution in [1.29, 1.82) is 0 Å². The van der Waals surface area contributed by atoms with Crippen LogP contribution in [-0.2, 0) is 9.53 Å². The van der Waals surface area contributed by atoms with Crippen LogP contribution >= 0.6 is 0 Å². The summed E-state index contributed by atoms with van der Waals surface area (Å²) in [6.45, 7) is 4.81. The molecule has 1 aliphatic rings. The molecule has 0 aromatic rings. The minimum Gasteiger partial charge on any atom is -0.378 e. The highest BCUT2D eigenvalue weighted by atomic mass is 16.5. The lowest BCUT2D eigenvalue weighted by Gasteiger charge is -2.22. The number of ether oxygens (including phenoxy) is 1. The first-order valence-electron chi connectivity index (χ1n) is 6.74. The molecule has 1 amide bonds. The second-order valence-corrected chi connectivity index (χ2v) is 5.21. The van der Waals surface area contributed by atoms with E-state index >= 15 is 0 Å². The van der Waals surface area contributed by atoms with Crippen LogP contribution in [-0.4, -0.2) is 30.7 Å². The summed E-state index contributed by atoms with van der Waals surface area (Å²) in [5, 5.41) is 2.98. The Morgan fingerprint density at radius 2 is 2.24 bits per heavy atom. The van der Waals surface area contributed by atoms with E-state index in [9.17, 15) is 4.79 Å². The van der Waals surface area contributed by atoms with Gasteiger partial charge in [0, 0.05) is 25.1 Å². The molecule has 0 saturated carbocycles. The van der Waals surface area contributed by atoms with Crippen LogP contribution in [0, 0.1) is 0 Å². The summed E-state index contributed by atoms with van der Waals surface area (Å²) in [7, 11) is 0. The van der Waals surface area contributed by atoms with Crippen LogP contribution in [0.5, 0.6) is 0 Å². The molecule has 1 aliphatic heterocycles. The third-order valence-electron chi connectivity index (χ3n) is 3.10. The van der Waals surface area contributed by atoms with Crippen molar-refractivity contribution in [2.75, 3.05) is 6.61 Å². The SMILES string of the molecule is CC(N)CC(C)NC(=O)CCC1CCCCO1. The van der Waals surface area contributed by atoms with Crippen LogP contribution < -0.4 is 11.1 Å². The topological polar surface area (TPSA) is 64.3 Å². The zero-order valence-electron chi connectivity index (χ0n) is 11.1. The summed E-state index contributed by atoms with van der Waals surface area (Å²) >= 11 is 0. The van der Waals surface area contributed by atoms with E-state index < -0.39 is 0 Å². The van der Waals surface area contributed by atoms with E-state index in [1.165, 1.54) is 6.42 Å². The maximum absolute atomic E-state index is 11.7. The summed E-state index contributed by atoms with van der Waals surface area (Å²) in [4.78, 5) is 11.7. The molecule has 1 heterocycles. The first-order valence-corrected chi connectivity index (χ1v) is 6.74. The molecule has 4 heteroatoms. The lowest BCUT2D eigenvalue weighted by atomic mass is 10.0. The molecule has 3 N–H and O–H groups in total. The summed E-state index contributed by atoms with van der Waals surface area (Å²) in [6.07, 6.45) is 6.01. The molecule has 0 aromatic heterocycles. The first-order chi connectivity index (χ1) is 8.08. The van der Waals surface area contributed by atoms with Crippen molar-refractivity contribution in [2.45, 2.75) is 70.6 Å². The van der Waals surface area contributed by atoms with Gasteiger partial charge in [0.15, 0.2) is 0 Å². The maximum Gasteiger partial charge on any atom is 0.220 e. The van der Waals surface area contributed by atoms with E-state index in [-0.39, 0.29) is 18.0 Å². The Morgan fingerprint density at radius 1 is 1.47 bits per heavy atom. The molecular weight excluding hydrogens is 216 g/mol. The van der Waals surface area contributed by atoms with Gasteiger partial charge in [-0.05, 0) is 46.0 Å². The predicted molar refractivity (Wildman–Crippen MR) is 68.7 cm³/mol. The molecule has 1 fully saturated rings. The van der Waals surface area contributed by atoms with Crippen molar-refractivity contribution in [3.8, 4) is 0 Å². The number of carbonyl (C=O) groups excluding carboxylic acids is 1. The van der Waals surface area contributed by atoms with Crippen molar-refractivity contribution >= 4 is 5.91 Å². The van der Waals surface area contributed by atoms with Gasteiger partial charge in [-0.3, -0.25) is 4.79 Å². The monoisotopic (exact) mass is 242 g/mol. The van der Waals surface area contributed by atoms with Gasteiger partial charge in [0.25, 0.3) is 0 Å². The van der Waals surface area contributed by atoms with Crippen LogP contribution in [0.15, 0.2) is 0 Å². The predicted octanol–water partition coefficient (Wildman–Crippen LogP) is 1.58. The minimum absolute atomic E-state index is 0.118. The largest absolute Gasteiger partial charge is 0.378 e. The van der Waals surface area contributed by atoms with Crippen molar-refractivity contribution in [3.63, 3.8) is 0 Å². The molecule has 3 atom stereocenters. The van der Waals surface area contributed by atoms with E-state index in [2.05, 4.69) is 5.32 Å². The molecule has 0 spiro atoms. The van der Waals surface area contributed by atoms with E-state index in [1.807, 2.05) is 13.8 Å². The highest BCUT2D eigenvalue weighted by Crippen LogP contribution is 2.16. The number of nitrogens with one attached hydrogen (secondary N) is 1. The Hall–Kier alpha value is -0.610. The number of amides is 1. The molecule has 0 aromatic carbocycles. The van der Waals surface area contributed by atoms with Gasteiger partial charge >= 0.3 is 0 Å². The Labute approximate surface area is 104 Å². The number of hydrogen-bond acceptors (Lipinski definition) is 3. The van der Waals surface area contributed by atoms with E-state index in [4.69, 9.17) is 10.5 Å². The highest BCUT2D eigenvalue weighted by Gasteiger charge is 2.16. The molecule has 100 valence electrons. The van der Waals surface area contributed by atoms with Gasteiger partial charge in [0.05, 0.1) is 6.10 Å². The fraction of sp³-hybridized carbons (Fsp3) is 0.923. The van der Waals surface area contributed by atoms with Gasteiger partial charge in [-0.15, -0.1) is 0 Å². The van der Waals surface area contributed by atoms with Crippen molar-refractivity contribution in [1.82, 2.24) is 5.32 Å². The number of rotatable bonds is 6. The average Bonchev–Trinajstić information content (AvgIpc) is 2.26. The van der Waals surface area contributed by atoms with E-state index in [0.29, 0.717) is 12.5 Å². The summed E-state index contributed by atoms with van der Waals surface area (Å²) in [6, 6.07) is 0.293. The Bertz CT molecular complexity index is 225. The van der Waals surface area contributed by atoms with Crippen LogP contribution in [0.25, 0.3) is 0 Å². The molecular formula is C13H26N2O2. The zero-order chi connectivity index (χ0) is 12.7. The summed E-state index contributed by atoms with van der Waals surface area (Å²) in [5.74, 6) is 0.118. The van der Waals surface area contributed by atoms with E-state index in [0.717, 1.165) is 32.3 Å². The lowest BCUT2D eigenvalue weighted by molar-refractivity contribution is -0.122. The number of carbonyl (C=O) groups is 1. The average molecular weight is 242 g/mol. The molecule has 0 radical (unpaired) electrons. The molecule has 4 nitrogen and oxygen atoms in total. The Morgan fingerprint density at radius 3 is 2.82 bits per heavy atom. The molecule has 17 heavy (non-hydrogen) atoms. The Balaban J connectivity index is 2.11. The molecule has 1 rings (SSSR count). The number of nitrogens with two attached hydrogens (primary N) is 1. The van der Waals surface area contributed by atoms with Crippen LogP contribution in [0.1, 0.15) is 52.4 Å². The lowest BCUT2D eigenvalue weighted by Crippen LogP contribution is -2.37. The van der Waals surface area contributed by atoms with Gasteiger partial charge in [-0.2, -0.15) is 0 Å². The standard InChI is InChI=1S/C13H26N2O2/c1-10(14)9-11(2)15-13(16)7-6-12-5-3-4-8-17-12/h10-12H,3-9,14H2,1-2H3,(H,15,16). The van der Waals surface area contributed by atoms with Gasteiger partial charge in [-0.25, -0.2) is 0 Å². The molecule has 1 saturated heterocycles. The smallest absolute Gasteiger partial charge is 0.220 e. The fourth-order valence-corrected chi connectivity index (χ4v) is 2.29. The van der Waals surface area contributed by atoms with Gasteiger partial charge in [0.1, 0.15) is 0 Å². The van der Waals surface area contributed by atoms with Gasteiger partial charge in [-0.1, -0.05) is 0 Å². The number of hydrogen-bond donors (Lipinski definition) is 2. The van der Waals surface area contributed by atoms with Crippen molar-refractivity contribution in [3.05, 3.63) is 0 Å². The fourth-order valence-electron chi connectivity index (χ4n) is 2.29. The first kappa shape index (κ1) is 14.5. The highest BCUT2D eigenvalue weighted by molar-refractivity contribution is 5.76. The molecule has 0 bridgehead atoms. The normalized spacial score (nSPS) is 24.1. The molecule has 3 unspecified atom stereocenters. The minimum atomic E-state index is 0.118. The summed E-state index contributed by atoms with van der Waals surface area (Å²) < 4.78 is 5.60. The molecule has 0 aliphatic carbocycles. The second-order valence-electron chi connectivity index (χ2n) is 5.21. The third-order valence-corrected chi connectivity index (χ3v) is 3.10. The van der Waals surface area contributed by atoms with E-state index in [1.54, 1.807) is 0 Å². The Kier molecular flexibility index (Phi) is 6.52.